The van der Waals surface area contributed by atoms with Crippen LogP contribution >= 0.6 is 0 Å². The minimum absolute atomic E-state index is 0.00611. The molecule has 0 saturated carbocycles. The average molecular weight is 203 g/mol. The molecule has 2 heterocycles. The van der Waals surface area contributed by atoms with Gasteiger partial charge in [-0.15, -0.1) is 0 Å². The van der Waals surface area contributed by atoms with Gasteiger partial charge < -0.3 is 10.6 Å². The van der Waals surface area contributed by atoms with E-state index in [-0.39, 0.29) is 10.6 Å². The fraction of sp³-hybridized carbons (Fsp3) is 0.545. The summed E-state index contributed by atoms with van der Waals surface area (Å²) in [6.07, 6.45) is -9.79. The van der Waals surface area contributed by atoms with Gasteiger partial charge in [0.25, 0.3) is 0 Å². The molecule has 0 radical (unpaired) electrons. The number of piperidine rings is 1. The Morgan fingerprint density at radius 3 is 3.50 bits per heavy atom. The van der Waals surface area contributed by atoms with Gasteiger partial charge in [0.05, 0.1) is 1.37 Å². The van der Waals surface area contributed by atoms with Crippen LogP contribution in [-0.2, 0) is 0 Å². The van der Waals surface area contributed by atoms with Crippen LogP contribution in [0.5, 0.6) is 0 Å². The SMILES string of the molecule is [2H]C([2H])([2H])C1([2H])N(c2cc(N)ccn2)C([2H])([2H])C([2H])([2H])C([2H])([2H])C1([2H])[2H]. The second kappa shape index (κ2) is 3.86. The molecule has 1 unspecified atom stereocenters. The molecule has 3 nitrogen and oxygen atoms in total. The summed E-state index contributed by atoms with van der Waals surface area (Å²) in [6, 6.07) is -1.29. The molecule has 0 spiro atoms. The lowest BCUT2D eigenvalue weighted by molar-refractivity contribution is 0.481. The summed E-state index contributed by atoms with van der Waals surface area (Å²) < 4.78 is 95.2. The Bertz CT molecular complexity index is 715. The van der Waals surface area contributed by atoms with Crippen LogP contribution in [0.1, 0.15) is 42.4 Å². The Morgan fingerprint density at radius 1 is 1.79 bits per heavy atom. The highest BCUT2D eigenvalue weighted by molar-refractivity contribution is 5.50. The van der Waals surface area contributed by atoms with Crippen molar-refractivity contribution in [3.63, 3.8) is 0 Å². The zero-order valence-electron chi connectivity index (χ0n) is 19.2. The first-order chi connectivity index (χ1) is 11.4. The fourth-order valence-electron chi connectivity index (χ4n) is 1.01. The van der Waals surface area contributed by atoms with Gasteiger partial charge in [-0.3, -0.25) is 0 Å². The first-order valence-corrected chi connectivity index (χ1v) is 3.89. The van der Waals surface area contributed by atoms with Crippen LogP contribution in [0.25, 0.3) is 0 Å². The van der Waals surface area contributed by atoms with Crippen LogP contribution in [0.4, 0.5) is 11.5 Å². The van der Waals surface area contributed by atoms with Crippen molar-refractivity contribution < 1.29 is 16.4 Å². The second-order valence-electron chi connectivity index (χ2n) is 2.62. The van der Waals surface area contributed by atoms with Gasteiger partial charge in [0, 0.05) is 45.5 Å². The van der Waals surface area contributed by atoms with Gasteiger partial charge >= 0.3 is 0 Å². The maximum absolute atomic E-state index is 8.39. The summed E-state index contributed by atoms with van der Waals surface area (Å²) >= 11 is 0. The van der Waals surface area contributed by atoms with Gasteiger partial charge in [-0.1, -0.05) is 0 Å². The number of aromatic nitrogens is 1. The number of anilines is 2. The lowest BCUT2D eigenvalue weighted by atomic mass is 10.0. The molecule has 76 valence electrons. The fourth-order valence-corrected chi connectivity index (χ4v) is 1.01. The third-order valence-electron chi connectivity index (χ3n) is 1.63. The van der Waals surface area contributed by atoms with Crippen molar-refractivity contribution >= 4 is 11.5 Å². The Kier molecular flexibility index (Phi) is 0.732. The van der Waals surface area contributed by atoms with Crippen molar-refractivity contribution in [2.45, 2.75) is 32.0 Å². The summed E-state index contributed by atoms with van der Waals surface area (Å²) in [5.41, 5.74) is 5.58. The number of pyridine rings is 1. The Hall–Kier alpha value is -1.25. The molecule has 1 aromatic heterocycles. The van der Waals surface area contributed by atoms with E-state index in [1.165, 1.54) is 6.07 Å². The van der Waals surface area contributed by atoms with Gasteiger partial charge in [0.15, 0.2) is 0 Å². The topological polar surface area (TPSA) is 42.1 Å². The number of rotatable bonds is 1. The van der Waals surface area contributed by atoms with E-state index in [9.17, 15) is 0 Å². The highest BCUT2D eigenvalue weighted by Crippen LogP contribution is 2.23. The first-order valence-electron chi connectivity index (χ1n) is 9.89. The zero-order chi connectivity index (χ0) is 20.6. The minimum atomic E-state index is -3.66. The molecule has 0 bridgehead atoms. The van der Waals surface area contributed by atoms with Crippen molar-refractivity contribution in [1.82, 2.24) is 4.98 Å². The van der Waals surface area contributed by atoms with Crippen LogP contribution < -0.4 is 10.6 Å². The summed E-state index contributed by atoms with van der Waals surface area (Å²) in [5, 5.41) is 0. The van der Waals surface area contributed by atoms with Gasteiger partial charge in [0.2, 0.25) is 0 Å². The predicted octanol–water partition coefficient (Wildman–Crippen LogP) is 2.04. The van der Waals surface area contributed by atoms with Crippen molar-refractivity contribution in [2.75, 3.05) is 17.1 Å². The predicted molar refractivity (Wildman–Crippen MR) is 59.3 cm³/mol. The van der Waals surface area contributed by atoms with Crippen molar-refractivity contribution in [3.05, 3.63) is 18.3 Å². The first kappa shape index (κ1) is 2.65. The van der Waals surface area contributed by atoms with E-state index in [1.54, 1.807) is 0 Å². The molecule has 1 aliphatic heterocycles. The number of nitrogens with zero attached hydrogens (tertiary/aromatic N) is 2. The Labute approximate surface area is 102 Å². The van der Waals surface area contributed by atoms with Gasteiger partial charge in [-0.2, -0.15) is 0 Å². The Balaban J connectivity index is 2.97. The molecule has 0 amide bonds. The molecule has 14 heavy (non-hydrogen) atoms. The standard InChI is InChI=1S/C11H17N3/c1-9-4-2-3-7-14(9)11-8-10(12)5-6-13-11/h5-6,8-9H,2-4,7H2,1H3,(H2,12,13)/i1D3,2D2,3D2,4D2,7D2,9D. The smallest absolute Gasteiger partial charge is 0.130 e. The molecule has 1 atom stereocenters. The molecule has 0 aromatic carbocycles. The van der Waals surface area contributed by atoms with Crippen LogP contribution in [0.15, 0.2) is 18.3 Å². The zero-order valence-corrected chi connectivity index (χ0v) is 7.20. The highest BCUT2D eigenvalue weighted by atomic mass is 15.2. The third-order valence-corrected chi connectivity index (χ3v) is 1.63. The van der Waals surface area contributed by atoms with E-state index in [0.717, 1.165) is 12.3 Å². The summed E-state index contributed by atoms with van der Waals surface area (Å²) in [5.74, 6) is -0.593. The van der Waals surface area contributed by atoms with E-state index in [4.69, 9.17) is 22.2 Å². The van der Waals surface area contributed by atoms with Gasteiger partial charge in [-0.05, 0) is 32.0 Å². The van der Waals surface area contributed by atoms with E-state index in [2.05, 4.69) is 4.98 Å². The van der Waals surface area contributed by atoms with Crippen molar-refractivity contribution in [2.24, 2.45) is 0 Å². The summed E-state index contributed by atoms with van der Waals surface area (Å²) in [6.45, 7) is -7.01. The van der Waals surface area contributed by atoms with Crippen LogP contribution in [0.3, 0.4) is 0 Å². The number of hydrogen-bond acceptors (Lipinski definition) is 3. The van der Waals surface area contributed by atoms with Crippen molar-refractivity contribution in [1.29, 1.82) is 0 Å². The van der Waals surface area contributed by atoms with E-state index >= 15 is 0 Å². The maximum atomic E-state index is 8.39. The lowest BCUT2D eigenvalue weighted by Crippen LogP contribution is -2.37. The second-order valence-corrected chi connectivity index (χ2v) is 2.62. The van der Waals surface area contributed by atoms with Crippen LogP contribution in [0.2, 0.25) is 0 Å². The van der Waals surface area contributed by atoms with E-state index < -0.39 is 44.3 Å². The molecule has 1 aromatic rings. The molecular formula is C11H17N3. The molecule has 1 fully saturated rings. The normalized spacial score (nSPS) is 55.6. The molecule has 2 rings (SSSR count). The molecule has 1 saturated heterocycles. The molecule has 3 heteroatoms. The van der Waals surface area contributed by atoms with Gasteiger partial charge in [-0.25, -0.2) is 4.98 Å². The molecule has 0 aliphatic carbocycles. The van der Waals surface area contributed by atoms with Crippen LogP contribution in [-0.4, -0.2) is 17.5 Å². The van der Waals surface area contributed by atoms with Crippen molar-refractivity contribution in [3.8, 4) is 0 Å². The summed E-state index contributed by atoms with van der Waals surface area (Å²) in [7, 11) is 0. The van der Waals surface area contributed by atoms with E-state index in [1.807, 2.05) is 0 Å². The van der Waals surface area contributed by atoms with E-state index in [0.29, 0.717) is 0 Å². The largest absolute Gasteiger partial charge is 0.399 e. The quantitative estimate of drug-likeness (QED) is 0.759. The lowest BCUT2D eigenvalue weighted by Gasteiger charge is -2.34. The number of nitrogen functional groups attached to an aromatic ring is 1. The molecular weight excluding hydrogens is 174 g/mol. The molecule has 2 N–H and O–H groups in total. The monoisotopic (exact) mass is 203 g/mol. The average Bonchev–Trinajstić information content (AvgIpc) is 2.44. The number of nitrogens with two attached hydrogens (primary N) is 1. The molecule has 1 aliphatic rings. The maximum Gasteiger partial charge on any atom is 0.130 e. The summed E-state index contributed by atoms with van der Waals surface area (Å²) in [4.78, 5) is 3.76. The Morgan fingerprint density at radius 2 is 2.71 bits per heavy atom. The highest BCUT2D eigenvalue weighted by Gasteiger charge is 2.19. The van der Waals surface area contributed by atoms with Gasteiger partial charge in [0.1, 0.15) is 5.82 Å². The van der Waals surface area contributed by atoms with Crippen LogP contribution in [0, 0.1) is 0 Å². The third kappa shape index (κ3) is 1.81. The minimum Gasteiger partial charge on any atom is -0.399 e. The number of hydrogen-bond donors (Lipinski definition) is 1.